The Hall–Kier alpha value is -2.25. The summed E-state index contributed by atoms with van der Waals surface area (Å²) in [5, 5.41) is 7.32. The van der Waals surface area contributed by atoms with Crippen molar-refractivity contribution >= 4 is 0 Å². The molecule has 0 heterocycles. The molecule has 0 saturated heterocycles. The lowest BCUT2D eigenvalue weighted by atomic mass is 9.95. The average Bonchev–Trinajstić information content (AvgIpc) is 3.09. The highest BCUT2D eigenvalue weighted by Gasteiger charge is 2.35. The van der Waals surface area contributed by atoms with Gasteiger partial charge in [-0.05, 0) is 61.8 Å². The van der Waals surface area contributed by atoms with Crippen molar-refractivity contribution in [3.05, 3.63) is 71.3 Å². The molecule has 2 aromatic rings. The van der Waals surface area contributed by atoms with E-state index in [0.29, 0.717) is 18.9 Å². The summed E-state index contributed by atoms with van der Waals surface area (Å²) < 4.78 is 26.9. The van der Waals surface area contributed by atoms with Crippen LogP contribution in [0.15, 0.2) is 54.6 Å². The van der Waals surface area contributed by atoms with Crippen molar-refractivity contribution in [2.75, 3.05) is 7.05 Å². The maximum Gasteiger partial charge on any atom is 0.132 e. The van der Waals surface area contributed by atoms with Gasteiger partial charge in [-0.1, -0.05) is 61.5 Å². The van der Waals surface area contributed by atoms with Gasteiger partial charge in [0.05, 0.1) is 6.07 Å². The van der Waals surface area contributed by atoms with Gasteiger partial charge in [-0.15, -0.1) is 0 Å². The molecule has 2 nitrogen and oxygen atoms in total. The van der Waals surface area contributed by atoms with E-state index in [1.54, 1.807) is 6.07 Å². The van der Waals surface area contributed by atoms with Crippen LogP contribution in [0.5, 0.6) is 0 Å². The second kappa shape index (κ2) is 12.4. The van der Waals surface area contributed by atoms with Crippen molar-refractivity contribution in [2.45, 2.75) is 76.8 Å². The number of rotatable bonds is 8. The van der Waals surface area contributed by atoms with Crippen LogP contribution in [-0.2, 0) is 13.0 Å². The molecule has 1 saturated carbocycles. The molecule has 0 spiro atoms. The number of benzene rings is 2. The van der Waals surface area contributed by atoms with E-state index in [-0.39, 0.29) is 5.92 Å². The summed E-state index contributed by atoms with van der Waals surface area (Å²) in [5.41, 5.74) is 3.73. The van der Waals surface area contributed by atoms with Crippen molar-refractivity contribution in [1.29, 1.82) is 5.26 Å². The van der Waals surface area contributed by atoms with Crippen LogP contribution in [0.25, 0.3) is 0 Å². The van der Waals surface area contributed by atoms with E-state index in [1.165, 1.54) is 18.1 Å². The number of halogens is 2. The van der Waals surface area contributed by atoms with Crippen LogP contribution < -0.4 is 0 Å². The van der Waals surface area contributed by atoms with E-state index in [1.807, 2.05) is 0 Å². The van der Waals surface area contributed by atoms with Gasteiger partial charge in [0.25, 0.3) is 0 Å². The fraction of sp³-hybridized carbons (Fsp3) is 0.500. The molecule has 0 amide bonds. The Labute approximate surface area is 180 Å². The molecule has 1 aliphatic carbocycles. The van der Waals surface area contributed by atoms with Gasteiger partial charge in [0.15, 0.2) is 0 Å². The third kappa shape index (κ3) is 7.22. The Morgan fingerprint density at radius 1 is 1.00 bits per heavy atom. The number of nitriles is 1. The second-order valence-electron chi connectivity index (χ2n) is 8.17. The van der Waals surface area contributed by atoms with Gasteiger partial charge in [-0.25, -0.2) is 8.78 Å². The molecular weight excluding hydrogens is 378 g/mol. The third-order valence-corrected chi connectivity index (χ3v) is 6.00. The van der Waals surface area contributed by atoms with Crippen molar-refractivity contribution < 1.29 is 8.78 Å². The summed E-state index contributed by atoms with van der Waals surface area (Å²) in [7, 11) is 2.20. The van der Waals surface area contributed by atoms with Gasteiger partial charge in [0, 0.05) is 19.5 Å². The minimum Gasteiger partial charge on any atom is -0.299 e. The average molecular weight is 413 g/mol. The summed E-state index contributed by atoms with van der Waals surface area (Å²) in [6.07, 6.45) is 1.33. The largest absolute Gasteiger partial charge is 0.299 e. The lowest BCUT2D eigenvalue weighted by Gasteiger charge is -2.27. The molecule has 30 heavy (non-hydrogen) atoms. The first-order chi connectivity index (χ1) is 14.5. The highest BCUT2D eigenvalue weighted by Crippen LogP contribution is 2.38. The topological polar surface area (TPSA) is 27.0 Å². The maximum atomic E-state index is 13.4. The zero-order valence-electron chi connectivity index (χ0n) is 18.4. The van der Waals surface area contributed by atoms with Crippen LogP contribution in [0, 0.1) is 11.3 Å². The highest BCUT2D eigenvalue weighted by molar-refractivity contribution is 5.27. The molecule has 1 aliphatic rings. The van der Waals surface area contributed by atoms with Crippen molar-refractivity contribution in [2.24, 2.45) is 0 Å². The Balaban J connectivity index is 0.00000101. The Morgan fingerprint density at radius 3 is 2.10 bits per heavy atom. The number of alkyl halides is 2. The van der Waals surface area contributed by atoms with Crippen LogP contribution >= 0.6 is 0 Å². The molecule has 3 rings (SSSR count). The molecule has 0 N–H and O–H groups in total. The minimum atomic E-state index is -1.29. The zero-order valence-corrected chi connectivity index (χ0v) is 18.4. The van der Waals surface area contributed by atoms with Crippen molar-refractivity contribution in [3.8, 4) is 6.07 Å². The molecule has 1 fully saturated rings. The standard InChI is InChI=1S/C24H31F2N.C2H3N/c1-3-22(27(2)17-19-7-5-4-6-8-19)14-11-18-9-12-20(13-10-18)21-15-23(25)24(26)16-21;1-2-3/h4-10,12-13,21-24H,3,11,14-17H2,1-2H3;1H3. The van der Waals surface area contributed by atoms with E-state index in [4.69, 9.17) is 5.26 Å². The van der Waals surface area contributed by atoms with Crippen LogP contribution in [-0.4, -0.2) is 30.3 Å². The predicted octanol–water partition coefficient (Wildman–Crippen LogP) is 6.61. The molecule has 2 aromatic carbocycles. The summed E-state index contributed by atoms with van der Waals surface area (Å²) in [6, 6.07) is 21.3. The lowest BCUT2D eigenvalue weighted by Crippen LogP contribution is -2.31. The Bertz CT molecular complexity index is 760. The molecule has 0 aromatic heterocycles. The monoisotopic (exact) mass is 412 g/mol. The van der Waals surface area contributed by atoms with Crippen LogP contribution in [0.1, 0.15) is 62.1 Å². The number of hydrogen-bond acceptors (Lipinski definition) is 2. The Kier molecular flexibility index (Phi) is 9.97. The first-order valence-corrected chi connectivity index (χ1v) is 10.9. The van der Waals surface area contributed by atoms with Crippen LogP contribution in [0.2, 0.25) is 0 Å². The SMILES string of the molecule is CC#N.CCC(CCc1ccc(C2CC(F)C(F)C2)cc1)N(C)Cc1ccccc1. The predicted molar refractivity (Wildman–Crippen MR) is 120 cm³/mol. The highest BCUT2D eigenvalue weighted by atomic mass is 19.2. The van der Waals surface area contributed by atoms with Crippen LogP contribution in [0.4, 0.5) is 8.78 Å². The first-order valence-electron chi connectivity index (χ1n) is 10.9. The molecule has 0 radical (unpaired) electrons. The van der Waals surface area contributed by atoms with Crippen LogP contribution in [0.3, 0.4) is 0 Å². The summed E-state index contributed by atoms with van der Waals surface area (Å²) in [6.45, 7) is 4.64. The number of hydrogen-bond donors (Lipinski definition) is 0. The first kappa shape index (κ1) is 24.0. The molecule has 162 valence electrons. The maximum absolute atomic E-state index is 13.4. The fourth-order valence-electron chi connectivity index (χ4n) is 4.23. The van der Waals surface area contributed by atoms with Crippen molar-refractivity contribution in [1.82, 2.24) is 4.90 Å². The summed E-state index contributed by atoms with van der Waals surface area (Å²) in [5.74, 6) is 0.0319. The van der Waals surface area contributed by atoms with E-state index < -0.39 is 12.3 Å². The third-order valence-electron chi connectivity index (χ3n) is 6.00. The van der Waals surface area contributed by atoms with Crippen molar-refractivity contribution in [3.63, 3.8) is 0 Å². The van der Waals surface area contributed by atoms with E-state index in [0.717, 1.165) is 31.4 Å². The minimum absolute atomic E-state index is 0.0319. The van der Waals surface area contributed by atoms with Gasteiger partial charge < -0.3 is 0 Å². The number of aryl methyl sites for hydroxylation is 1. The van der Waals surface area contributed by atoms with Gasteiger partial charge >= 0.3 is 0 Å². The lowest BCUT2D eigenvalue weighted by molar-refractivity contribution is 0.199. The van der Waals surface area contributed by atoms with E-state index >= 15 is 0 Å². The van der Waals surface area contributed by atoms with Gasteiger partial charge in [-0.2, -0.15) is 5.26 Å². The summed E-state index contributed by atoms with van der Waals surface area (Å²) in [4.78, 5) is 2.44. The molecule has 4 heteroatoms. The smallest absolute Gasteiger partial charge is 0.132 e. The van der Waals surface area contributed by atoms with Gasteiger partial charge in [0.2, 0.25) is 0 Å². The molecule has 0 aliphatic heterocycles. The van der Waals surface area contributed by atoms with E-state index in [9.17, 15) is 8.78 Å². The van der Waals surface area contributed by atoms with Gasteiger partial charge in [0.1, 0.15) is 12.3 Å². The quantitative estimate of drug-likeness (QED) is 0.487. The Morgan fingerprint density at radius 2 is 1.57 bits per heavy atom. The van der Waals surface area contributed by atoms with E-state index in [2.05, 4.69) is 73.5 Å². The molecule has 0 bridgehead atoms. The molecule has 3 unspecified atom stereocenters. The number of nitrogens with zero attached hydrogens (tertiary/aromatic N) is 2. The summed E-state index contributed by atoms with van der Waals surface area (Å²) >= 11 is 0. The fourth-order valence-corrected chi connectivity index (χ4v) is 4.23. The normalized spacial score (nSPS) is 21.6. The zero-order chi connectivity index (χ0) is 21.9. The van der Waals surface area contributed by atoms with Gasteiger partial charge in [-0.3, -0.25) is 4.90 Å². The molecular formula is C26H34F2N2. The molecule has 3 atom stereocenters. The second-order valence-corrected chi connectivity index (χ2v) is 8.17.